The maximum absolute atomic E-state index is 13.6. The van der Waals surface area contributed by atoms with Crippen molar-refractivity contribution < 1.29 is 4.39 Å². The van der Waals surface area contributed by atoms with Gasteiger partial charge in [0, 0.05) is 17.5 Å². The van der Waals surface area contributed by atoms with Gasteiger partial charge in [-0.1, -0.05) is 89.4 Å². The fourth-order valence-electron chi connectivity index (χ4n) is 3.56. The first kappa shape index (κ1) is 21.8. The standard InChI is InChI=1S/C22H34FN3S/c1-2-3-4-5-6-7-8-9-10-11-12-16-21-24-25-22(18-27)26(21)20-15-13-14-19(23)17-20/h13-15,17-18,22,25H,2-12,16H2,1H3. The summed E-state index contributed by atoms with van der Waals surface area (Å²) in [6, 6.07) is 6.62. The quantitative estimate of drug-likeness (QED) is 0.287. The normalized spacial score (nSPS) is 16.3. The number of hydrazone groups is 1. The molecule has 0 radical (unpaired) electrons. The van der Waals surface area contributed by atoms with E-state index in [1.165, 1.54) is 76.3 Å². The second-order valence-corrected chi connectivity index (χ2v) is 7.65. The van der Waals surface area contributed by atoms with E-state index in [1.807, 2.05) is 11.0 Å². The van der Waals surface area contributed by atoms with Crippen LogP contribution in [-0.4, -0.2) is 17.4 Å². The Morgan fingerprint density at radius 1 is 1.04 bits per heavy atom. The lowest BCUT2D eigenvalue weighted by Gasteiger charge is -2.24. The lowest BCUT2D eigenvalue weighted by molar-refractivity contribution is 0.551. The second kappa shape index (κ2) is 12.8. The van der Waals surface area contributed by atoms with Crippen molar-refractivity contribution in [2.75, 3.05) is 4.90 Å². The van der Waals surface area contributed by atoms with Gasteiger partial charge in [-0.05, 0) is 24.6 Å². The van der Waals surface area contributed by atoms with Crippen LogP contribution in [0.5, 0.6) is 0 Å². The van der Waals surface area contributed by atoms with E-state index in [2.05, 4.69) is 17.5 Å². The molecule has 5 heteroatoms. The van der Waals surface area contributed by atoms with Gasteiger partial charge in [0.25, 0.3) is 0 Å². The fourth-order valence-corrected chi connectivity index (χ4v) is 3.75. The van der Waals surface area contributed by atoms with Crippen molar-refractivity contribution in [3.8, 4) is 0 Å². The van der Waals surface area contributed by atoms with Gasteiger partial charge in [-0.15, -0.1) is 0 Å². The molecule has 0 amide bonds. The van der Waals surface area contributed by atoms with Crippen molar-refractivity contribution in [1.29, 1.82) is 0 Å². The van der Waals surface area contributed by atoms with Gasteiger partial charge in [0.1, 0.15) is 17.8 Å². The second-order valence-electron chi connectivity index (χ2n) is 7.37. The Bertz CT molecular complexity index is 591. The molecule has 0 saturated heterocycles. The summed E-state index contributed by atoms with van der Waals surface area (Å²) in [5, 5.41) is 6.07. The van der Waals surface area contributed by atoms with Gasteiger partial charge in [0.05, 0.1) is 0 Å². The monoisotopic (exact) mass is 391 g/mol. The molecule has 1 N–H and O–H groups in total. The number of benzene rings is 1. The topological polar surface area (TPSA) is 27.6 Å². The lowest BCUT2D eigenvalue weighted by atomic mass is 10.0. The van der Waals surface area contributed by atoms with Crippen LogP contribution in [0.3, 0.4) is 0 Å². The fraction of sp³-hybridized carbons (Fsp3) is 0.636. The third kappa shape index (κ3) is 7.57. The molecule has 3 nitrogen and oxygen atoms in total. The molecule has 0 aliphatic carbocycles. The Balaban J connectivity index is 1.64. The molecule has 1 aliphatic rings. The summed E-state index contributed by atoms with van der Waals surface area (Å²) in [4.78, 5) is 2.01. The maximum atomic E-state index is 13.6. The largest absolute Gasteiger partial charge is 0.302 e. The van der Waals surface area contributed by atoms with Gasteiger partial charge >= 0.3 is 0 Å². The van der Waals surface area contributed by atoms with E-state index in [4.69, 9.17) is 12.2 Å². The number of unbranched alkanes of at least 4 members (excludes halogenated alkanes) is 10. The minimum absolute atomic E-state index is 0.176. The highest BCUT2D eigenvalue weighted by Crippen LogP contribution is 2.23. The van der Waals surface area contributed by atoms with Crippen LogP contribution in [0.4, 0.5) is 10.1 Å². The molecule has 1 heterocycles. The van der Waals surface area contributed by atoms with Crippen molar-refractivity contribution in [2.24, 2.45) is 5.10 Å². The van der Waals surface area contributed by atoms with Crippen LogP contribution in [0.2, 0.25) is 0 Å². The minimum Gasteiger partial charge on any atom is -0.302 e. The zero-order chi connectivity index (χ0) is 19.3. The van der Waals surface area contributed by atoms with E-state index in [1.54, 1.807) is 11.4 Å². The van der Waals surface area contributed by atoms with E-state index in [0.29, 0.717) is 0 Å². The Hall–Kier alpha value is -1.49. The molecule has 1 unspecified atom stereocenters. The van der Waals surface area contributed by atoms with Crippen molar-refractivity contribution in [3.05, 3.63) is 30.1 Å². The van der Waals surface area contributed by atoms with Crippen molar-refractivity contribution in [3.63, 3.8) is 0 Å². The molecule has 0 spiro atoms. The van der Waals surface area contributed by atoms with Crippen LogP contribution < -0.4 is 10.3 Å². The highest BCUT2D eigenvalue weighted by molar-refractivity contribution is 7.79. The zero-order valence-electron chi connectivity index (χ0n) is 16.6. The molecule has 1 aromatic carbocycles. The Morgan fingerprint density at radius 2 is 1.67 bits per heavy atom. The summed E-state index contributed by atoms with van der Waals surface area (Å²) in [5.41, 5.74) is 3.84. The van der Waals surface area contributed by atoms with E-state index < -0.39 is 0 Å². The minimum atomic E-state index is -0.239. The first-order valence-electron chi connectivity index (χ1n) is 10.6. The lowest BCUT2D eigenvalue weighted by Crippen LogP contribution is -2.41. The summed E-state index contributed by atoms with van der Waals surface area (Å²) >= 11 is 5.11. The third-order valence-corrected chi connectivity index (χ3v) is 5.36. The van der Waals surface area contributed by atoms with Gasteiger partial charge < -0.3 is 4.90 Å². The predicted molar refractivity (Wildman–Crippen MR) is 118 cm³/mol. The number of thiocarbonyl (C=S) groups is 1. The first-order chi connectivity index (χ1) is 13.3. The number of rotatable bonds is 14. The van der Waals surface area contributed by atoms with Gasteiger partial charge in [0.15, 0.2) is 0 Å². The molecule has 0 bridgehead atoms. The third-order valence-electron chi connectivity index (χ3n) is 5.10. The van der Waals surface area contributed by atoms with E-state index in [-0.39, 0.29) is 12.0 Å². The van der Waals surface area contributed by atoms with Crippen LogP contribution in [0, 0.1) is 5.82 Å². The average molecular weight is 392 g/mol. The SMILES string of the molecule is CCCCCCCCCCCCCC1=NNC(C=S)N1c1cccc(F)c1. The summed E-state index contributed by atoms with van der Waals surface area (Å²) in [6.45, 7) is 2.26. The average Bonchev–Trinajstić information content (AvgIpc) is 3.09. The summed E-state index contributed by atoms with van der Waals surface area (Å²) in [6.07, 6.45) is 15.3. The molecule has 0 saturated carbocycles. The summed E-state index contributed by atoms with van der Waals surface area (Å²) in [5.74, 6) is 0.708. The Kier molecular flexibility index (Phi) is 10.4. The van der Waals surface area contributed by atoms with Crippen molar-refractivity contribution in [1.82, 2.24) is 5.43 Å². The number of hydrogen-bond acceptors (Lipinski definition) is 4. The molecule has 1 aromatic rings. The predicted octanol–water partition coefficient (Wildman–Crippen LogP) is 6.58. The van der Waals surface area contributed by atoms with Crippen molar-refractivity contribution in [2.45, 2.75) is 90.1 Å². The smallest absolute Gasteiger partial charge is 0.150 e. The number of nitrogens with zero attached hydrogens (tertiary/aromatic N) is 2. The maximum Gasteiger partial charge on any atom is 0.150 e. The highest BCUT2D eigenvalue weighted by atomic mass is 32.1. The zero-order valence-corrected chi connectivity index (χ0v) is 17.4. The molecule has 1 atom stereocenters. The molecule has 1 aliphatic heterocycles. The molecular formula is C22H34FN3S. The molecule has 0 aromatic heterocycles. The van der Waals surface area contributed by atoms with E-state index in [9.17, 15) is 4.39 Å². The van der Waals surface area contributed by atoms with Crippen LogP contribution in [0.15, 0.2) is 29.4 Å². The summed E-state index contributed by atoms with van der Waals surface area (Å²) in [7, 11) is 0. The number of hydrogen-bond donors (Lipinski definition) is 1. The number of amidine groups is 1. The van der Waals surface area contributed by atoms with E-state index in [0.717, 1.165) is 24.4 Å². The Labute approximate surface area is 169 Å². The van der Waals surface area contributed by atoms with Crippen LogP contribution in [0.25, 0.3) is 0 Å². The van der Waals surface area contributed by atoms with Gasteiger partial charge in [-0.25, -0.2) is 4.39 Å². The number of nitrogens with one attached hydrogen (secondary N) is 1. The summed E-state index contributed by atoms with van der Waals surface area (Å²) < 4.78 is 13.6. The van der Waals surface area contributed by atoms with Crippen LogP contribution in [-0.2, 0) is 0 Å². The van der Waals surface area contributed by atoms with Crippen molar-refractivity contribution >= 4 is 29.1 Å². The van der Waals surface area contributed by atoms with E-state index >= 15 is 0 Å². The molecule has 2 rings (SSSR count). The molecule has 0 fully saturated rings. The van der Waals surface area contributed by atoms with Crippen LogP contribution in [0.1, 0.15) is 84.0 Å². The number of anilines is 1. The van der Waals surface area contributed by atoms with Gasteiger partial charge in [-0.3, -0.25) is 5.43 Å². The number of halogens is 1. The van der Waals surface area contributed by atoms with Crippen LogP contribution >= 0.6 is 12.2 Å². The molecule has 27 heavy (non-hydrogen) atoms. The van der Waals surface area contributed by atoms with Gasteiger partial charge in [-0.2, -0.15) is 5.10 Å². The molecular weight excluding hydrogens is 357 g/mol. The van der Waals surface area contributed by atoms with Gasteiger partial charge in [0.2, 0.25) is 0 Å². The molecule has 150 valence electrons. The first-order valence-corrected chi connectivity index (χ1v) is 11.1. The Morgan fingerprint density at radius 3 is 2.26 bits per heavy atom. The highest BCUT2D eigenvalue weighted by Gasteiger charge is 2.26.